The van der Waals surface area contributed by atoms with Crippen molar-refractivity contribution >= 4 is 44.2 Å². The molecule has 4 aromatic rings. The zero-order valence-corrected chi connectivity index (χ0v) is 18.7. The van der Waals surface area contributed by atoms with Crippen molar-refractivity contribution in [1.29, 1.82) is 0 Å². The molecular formula is C24H22N4O3S. The number of nitrogens with one attached hydrogen (secondary N) is 2. The average Bonchev–Trinajstić information content (AvgIpc) is 2.76. The largest absolute Gasteiger partial charge is 0.337 e. The lowest BCUT2D eigenvalue weighted by atomic mass is 10.1. The number of aromatic nitrogens is 2. The monoisotopic (exact) mass is 446 g/mol. The third-order valence-corrected chi connectivity index (χ3v) is 6.46. The highest BCUT2D eigenvalue weighted by atomic mass is 32.2. The van der Waals surface area contributed by atoms with Gasteiger partial charge in [0, 0.05) is 11.3 Å². The van der Waals surface area contributed by atoms with Crippen LogP contribution in [0.3, 0.4) is 0 Å². The number of sulfonamides is 1. The Morgan fingerprint density at radius 3 is 2.16 bits per heavy atom. The standard InChI is InChI=1S/C24H22N4O3S/c1-15-11-12-20(13-16(15)2)32(30,31)28-24-23(26-21-9-4-5-10-22(21)27-24)25-19-8-6-7-18(14-19)17(3)29/h4-14H,1-3H3,(H,25,26)(H,27,28). The molecule has 7 nitrogen and oxygen atoms in total. The maximum Gasteiger partial charge on any atom is 0.263 e. The molecule has 1 heterocycles. The number of hydrogen-bond acceptors (Lipinski definition) is 6. The molecule has 0 aliphatic rings. The minimum absolute atomic E-state index is 0.0650. The molecule has 2 N–H and O–H groups in total. The molecular weight excluding hydrogens is 424 g/mol. The number of benzene rings is 3. The number of para-hydroxylation sites is 2. The van der Waals surface area contributed by atoms with Crippen molar-refractivity contribution in [3.63, 3.8) is 0 Å². The molecule has 0 radical (unpaired) electrons. The van der Waals surface area contributed by atoms with E-state index in [4.69, 9.17) is 0 Å². The van der Waals surface area contributed by atoms with Crippen LogP contribution >= 0.6 is 0 Å². The third-order valence-electron chi connectivity index (χ3n) is 5.12. The van der Waals surface area contributed by atoms with Crippen LogP contribution in [0, 0.1) is 13.8 Å². The fourth-order valence-corrected chi connectivity index (χ4v) is 4.27. The average molecular weight is 447 g/mol. The molecule has 1 aromatic heterocycles. The topological polar surface area (TPSA) is 101 Å². The lowest BCUT2D eigenvalue weighted by Crippen LogP contribution is -2.16. The number of fused-ring (bicyclic) bond motifs is 1. The number of carbonyl (C=O) groups excluding carboxylic acids is 1. The summed E-state index contributed by atoms with van der Waals surface area (Å²) in [5.74, 6) is 0.223. The van der Waals surface area contributed by atoms with Crippen LogP contribution in [0.15, 0.2) is 71.6 Å². The van der Waals surface area contributed by atoms with Gasteiger partial charge in [0.15, 0.2) is 17.4 Å². The van der Waals surface area contributed by atoms with Crippen LogP contribution in [0.4, 0.5) is 17.3 Å². The summed E-state index contributed by atoms with van der Waals surface area (Å²) in [5, 5.41) is 3.10. The van der Waals surface area contributed by atoms with Gasteiger partial charge < -0.3 is 5.32 Å². The zero-order valence-electron chi connectivity index (χ0n) is 17.9. The van der Waals surface area contributed by atoms with E-state index in [0.717, 1.165) is 11.1 Å². The first kappa shape index (κ1) is 21.5. The summed E-state index contributed by atoms with van der Waals surface area (Å²) in [5.41, 5.74) is 4.15. The van der Waals surface area contributed by atoms with E-state index in [1.807, 2.05) is 26.0 Å². The second-order valence-corrected chi connectivity index (χ2v) is 9.21. The summed E-state index contributed by atoms with van der Waals surface area (Å²) in [6.45, 7) is 5.27. The number of aryl methyl sites for hydroxylation is 2. The van der Waals surface area contributed by atoms with Gasteiger partial charge in [-0.25, -0.2) is 18.4 Å². The van der Waals surface area contributed by atoms with Crippen LogP contribution in [0.1, 0.15) is 28.4 Å². The number of ketones is 1. The van der Waals surface area contributed by atoms with E-state index in [1.54, 1.807) is 54.6 Å². The molecule has 0 aliphatic carbocycles. The molecule has 4 rings (SSSR count). The summed E-state index contributed by atoms with van der Waals surface area (Å²) in [4.78, 5) is 20.9. The molecule has 0 atom stereocenters. The Balaban J connectivity index is 1.78. The number of rotatable bonds is 6. The van der Waals surface area contributed by atoms with Gasteiger partial charge in [-0.15, -0.1) is 0 Å². The van der Waals surface area contributed by atoms with E-state index in [2.05, 4.69) is 20.0 Å². The van der Waals surface area contributed by atoms with E-state index in [-0.39, 0.29) is 22.3 Å². The van der Waals surface area contributed by atoms with Crippen LogP contribution in [0.5, 0.6) is 0 Å². The van der Waals surface area contributed by atoms with Crippen molar-refractivity contribution in [2.24, 2.45) is 0 Å². The molecule has 0 amide bonds. The summed E-state index contributed by atoms with van der Waals surface area (Å²) in [6, 6.07) is 19.0. The van der Waals surface area contributed by atoms with Crippen molar-refractivity contribution in [2.45, 2.75) is 25.7 Å². The van der Waals surface area contributed by atoms with Gasteiger partial charge in [-0.2, -0.15) is 0 Å². The van der Waals surface area contributed by atoms with Crippen molar-refractivity contribution in [2.75, 3.05) is 10.0 Å². The quantitative estimate of drug-likeness (QED) is 0.405. The van der Waals surface area contributed by atoms with Gasteiger partial charge in [-0.1, -0.05) is 30.3 Å². The van der Waals surface area contributed by atoms with Crippen molar-refractivity contribution in [1.82, 2.24) is 9.97 Å². The normalized spacial score (nSPS) is 11.3. The van der Waals surface area contributed by atoms with Crippen LogP contribution < -0.4 is 10.0 Å². The summed E-state index contributed by atoms with van der Waals surface area (Å²) < 4.78 is 28.8. The first-order chi connectivity index (χ1) is 15.2. The first-order valence-electron chi connectivity index (χ1n) is 9.98. The third kappa shape index (κ3) is 4.45. The molecule has 0 unspecified atom stereocenters. The molecule has 0 saturated heterocycles. The van der Waals surface area contributed by atoms with Gasteiger partial charge in [0.2, 0.25) is 0 Å². The predicted molar refractivity (Wildman–Crippen MR) is 126 cm³/mol. The number of Topliss-reactive ketones (excluding diaryl/α,β-unsaturated/α-hetero) is 1. The van der Waals surface area contributed by atoms with Crippen LogP contribution in [-0.2, 0) is 10.0 Å². The lowest BCUT2D eigenvalue weighted by Gasteiger charge is -2.14. The highest BCUT2D eigenvalue weighted by molar-refractivity contribution is 7.92. The van der Waals surface area contributed by atoms with Crippen molar-refractivity contribution in [3.05, 3.63) is 83.4 Å². The first-order valence-corrected chi connectivity index (χ1v) is 11.5. The van der Waals surface area contributed by atoms with Gasteiger partial charge in [-0.3, -0.25) is 9.52 Å². The fourth-order valence-electron chi connectivity index (χ4n) is 3.18. The maximum atomic E-state index is 13.1. The predicted octanol–water partition coefficient (Wildman–Crippen LogP) is 4.99. The van der Waals surface area contributed by atoms with E-state index in [1.165, 1.54) is 6.92 Å². The van der Waals surface area contributed by atoms with E-state index < -0.39 is 10.0 Å². The molecule has 8 heteroatoms. The second-order valence-electron chi connectivity index (χ2n) is 7.52. The summed E-state index contributed by atoms with van der Waals surface area (Å²) in [6.07, 6.45) is 0. The van der Waals surface area contributed by atoms with Gasteiger partial charge in [0.05, 0.1) is 15.9 Å². The smallest absolute Gasteiger partial charge is 0.263 e. The molecule has 0 fully saturated rings. The van der Waals surface area contributed by atoms with Gasteiger partial charge in [-0.05, 0) is 68.3 Å². The Kier molecular flexibility index (Phi) is 5.63. The van der Waals surface area contributed by atoms with E-state index in [9.17, 15) is 13.2 Å². The van der Waals surface area contributed by atoms with Crippen LogP contribution in [0.25, 0.3) is 11.0 Å². The Bertz CT molecular complexity index is 1450. The van der Waals surface area contributed by atoms with Gasteiger partial charge >= 0.3 is 0 Å². The SMILES string of the molecule is CC(=O)c1cccc(Nc2nc3ccccc3nc2NS(=O)(=O)c2ccc(C)c(C)c2)c1. The Morgan fingerprint density at radius 2 is 1.50 bits per heavy atom. The van der Waals surface area contributed by atoms with Crippen molar-refractivity contribution in [3.8, 4) is 0 Å². The Labute approximate surface area is 186 Å². The molecule has 0 saturated carbocycles. The van der Waals surface area contributed by atoms with Crippen LogP contribution in [0.2, 0.25) is 0 Å². The Morgan fingerprint density at radius 1 is 0.812 bits per heavy atom. The maximum absolute atomic E-state index is 13.1. The lowest BCUT2D eigenvalue weighted by molar-refractivity contribution is 0.101. The summed E-state index contributed by atoms with van der Waals surface area (Å²) >= 11 is 0. The number of carbonyl (C=O) groups is 1. The van der Waals surface area contributed by atoms with E-state index >= 15 is 0 Å². The minimum atomic E-state index is -3.90. The fraction of sp³-hybridized carbons (Fsp3) is 0.125. The van der Waals surface area contributed by atoms with E-state index in [0.29, 0.717) is 22.3 Å². The van der Waals surface area contributed by atoms with Crippen LogP contribution in [-0.4, -0.2) is 24.2 Å². The zero-order chi connectivity index (χ0) is 22.9. The molecule has 3 aromatic carbocycles. The van der Waals surface area contributed by atoms with Gasteiger partial charge in [0.25, 0.3) is 10.0 Å². The highest BCUT2D eigenvalue weighted by Crippen LogP contribution is 2.28. The molecule has 0 spiro atoms. The summed E-state index contributed by atoms with van der Waals surface area (Å²) in [7, 11) is -3.90. The molecule has 32 heavy (non-hydrogen) atoms. The second kappa shape index (κ2) is 8.39. The molecule has 0 aliphatic heterocycles. The van der Waals surface area contributed by atoms with Crippen molar-refractivity contribution < 1.29 is 13.2 Å². The number of anilines is 3. The minimum Gasteiger partial charge on any atom is -0.337 e. The Hall–Kier alpha value is -3.78. The molecule has 0 bridgehead atoms. The van der Waals surface area contributed by atoms with Gasteiger partial charge in [0.1, 0.15) is 0 Å². The number of hydrogen-bond donors (Lipinski definition) is 2. The molecule has 162 valence electrons. The highest BCUT2D eigenvalue weighted by Gasteiger charge is 2.19. The number of nitrogens with zero attached hydrogens (tertiary/aromatic N) is 2.